The molecular formula is C6H13NO2. The van der Waals surface area contributed by atoms with Gasteiger partial charge in [-0.1, -0.05) is 0 Å². The predicted molar refractivity (Wildman–Crippen MR) is 35.2 cm³/mol. The summed E-state index contributed by atoms with van der Waals surface area (Å²) in [5.41, 5.74) is 0. The molecule has 0 fully saturated rings. The maximum atomic E-state index is 10.3. The minimum atomic E-state index is 0.0665. The first-order chi connectivity index (χ1) is 4.13. The van der Waals surface area contributed by atoms with E-state index < -0.39 is 0 Å². The molecule has 54 valence electrons. The normalized spacial score (nSPS) is 10.2. The summed E-state index contributed by atoms with van der Waals surface area (Å²) in [6.45, 7) is 2.24. The maximum absolute atomic E-state index is 10.3. The standard InChI is InChI=1S/C6H13NO2/c1-6(8)4-9-5-7(2)3/h4-5H2,1-3H3. The molecule has 0 heterocycles. The van der Waals surface area contributed by atoms with Crippen molar-refractivity contribution < 1.29 is 9.53 Å². The fraction of sp³-hybridized carbons (Fsp3) is 0.833. The number of ketones is 1. The van der Waals surface area contributed by atoms with Crippen LogP contribution in [0.4, 0.5) is 0 Å². The van der Waals surface area contributed by atoms with Gasteiger partial charge >= 0.3 is 0 Å². The summed E-state index contributed by atoms with van der Waals surface area (Å²) in [7, 11) is 3.78. The largest absolute Gasteiger partial charge is 0.358 e. The van der Waals surface area contributed by atoms with Crippen LogP contribution in [0.5, 0.6) is 0 Å². The van der Waals surface area contributed by atoms with E-state index >= 15 is 0 Å². The van der Waals surface area contributed by atoms with Gasteiger partial charge in [0.05, 0.1) is 6.73 Å². The highest BCUT2D eigenvalue weighted by Gasteiger charge is 1.92. The summed E-state index contributed by atoms with van der Waals surface area (Å²) in [5.74, 6) is 0.0665. The van der Waals surface area contributed by atoms with E-state index in [2.05, 4.69) is 0 Å². The van der Waals surface area contributed by atoms with Crippen LogP contribution in [0.3, 0.4) is 0 Å². The van der Waals surface area contributed by atoms with Crippen molar-refractivity contribution >= 4 is 5.78 Å². The number of nitrogens with zero attached hydrogens (tertiary/aromatic N) is 1. The quantitative estimate of drug-likeness (QED) is 0.507. The maximum Gasteiger partial charge on any atom is 0.155 e. The number of hydrogen-bond acceptors (Lipinski definition) is 3. The van der Waals surface area contributed by atoms with E-state index in [1.54, 1.807) is 0 Å². The predicted octanol–water partition coefficient (Wildman–Crippen LogP) is 0.111. The van der Waals surface area contributed by atoms with Gasteiger partial charge in [0.15, 0.2) is 5.78 Å². The summed E-state index contributed by atoms with van der Waals surface area (Å²) in [5, 5.41) is 0. The van der Waals surface area contributed by atoms with Gasteiger partial charge in [-0.2, -0.15) is 0 Å². The summed E-state index contributed by atoms with van der Waals surface area (Å²) >= 11 is 0. The highest BCUT2D eigenvalue weighted by Crippen LogP contribution is 1.78. The Kier molecular flexibility index (Phi) is 4.26. The van der Waals surface area contributed by atoms with Gasteiger partial charge in [-0.3, -0.25) is 9.69 Å². The van der Waals surface area contributed by atoms with Gasteiger partial charge < -0.3 is 4.74 Å². The zero-order valence-electron chi connectivity index (χ0n) is 6.18. The molecule has 3 heteroatoms. The topological polar surface area (TPSA) is 29.5 Å². The Balaban J connectivity index is 3.01. The average molecular weight is 131 g/mol. The zero-order valence-corrected chi connectivity index (χ0v) is 6.18. The van der Waals surface area contributed by atoms with Gasteiger partial charge in [0.1, 0.15) is 6.61 Å². The number of carbonyl (C=O) groups is 1. The van der Waals surface area contributed by atoms with Crippen molar-refractivity contribution in [2.75, 3.05) is 27.4 Å². The molecule has 0 aliphatic heterocycles. The zero-order chi connectivity index (χ0) is 7.28. The minimum Gasteiger partial charge on any atom is -0.358 e. The SMILES string of the molecule is CC(=O)COCN(C)C. The van der Waals surface area contributed by atoms with Crippen molar-refractivity contribution in [3.63, 3.8) is 0 Å². The van der Waals surface area contributed by atoms with Crippen LogP contribution in [-0.2, 0) is 9.53 Å². The molecule has 0 spiro atoms. The number of hydrogen-bond donors (Lipinski definition) is 0. The van der Waals surface area contributed by atoms with E-state index in [1.165, 1.54) is 6.92 Å². The third-order valence-corrected chi connectivity index (χ3v) is 0.655. The lowest BCUT2D eigenvalue weighted by atomic mass is 10.5. The lowest BCUT2D eigenvalue weighted by molar-refractivity contribution is -0.122. The third-order valence-electron chi connectivity index (χ3n) is 0.655. The lowest BCUT2D eigenvalue weighted by Crippen LogP contribution is -2.18. The van der Waals surface area contributed by atoms with E-state index in [-0.39, 0.29) is 12.4 Å². The Bertz CT molecular complexity index is 91.1. The second-order valence-corrected chi connectivity index (χ2v) is 2.26. The minimum absolute atomic E-state index is 0.0665. The summed E-state index contributed by atoms with van der Waals surface area (Å²) in [6.07, 6.45) is 0. The molecule has 0 N–H and O–H groups in total. The second kappa shape index (κ2) is 4.47. The van der Waals surface area contributed by atoms with E-state index in [0.29, 0.717) is 6.73 Å². The van der Waals surface area contributed by atoms with Crippen LogP contribution in [-0.4, -0.2) is 38.1 Å². The molecule has 0 saturated heterocycles. The van der Waals surface area contributed by atoms with Gasteiger partial charge in [0.25, 0.3) is 0 Å². The molecule has 0 bridgehead atoms. The van der Waals surface area contributed by atoms with Crippen LogP contribution in [0, 0.1) is 0 Å². The van der Waals surface area contributed by atoms with Gasteiger partial charge in [-0.05, 0) is 21.0 Å². The summed E-state index contributed by atoms with van der Waals surface area (Å²) in [6, 6.07) is 0. The lowest BCUT2D eigenvalue weighted by Gasteiger charge is -2.07. The van der Waals surface area contributed by atoms with Crippen molar-refractivity contribution in [1.82, 2.24) is 4.90 Å². The molecule has 9 heavy (non-hydrogen) atoms. The molecule has 0 aliphatic carbocycles. The van der Waals surface area contributed by atoms with Crippen LogP contribution >= 0.6 is 0 Å². The fourth-order valence-corrected chi connectivity index (χ4v) is 0.372. The monoisotopic (exact) mass is 131 g/mol. The van der Waals surface area contributed by atoms with E-state index in [4.69, 9.17) is 4.74 Å². The molecule has 0 atom stereocenters. The Morgan fingerprint density at radius 1 is 1.56 bits per heavy atom. The summed E-state index contributed by atoms with van der Waals surface area (Å²) < 4.78 is 4.93. The molecule has 0 saturated carbocycles. The van der Waals surface area contributed by atoms with Gasteiger partial charge in [0, 0.05) is 0 Å². The first-order valence-electron chi connectivity index (χ1n) is 2.85. The van der Waals surface area contributed by atoms with Crippen molar-refractivity contribution in [2.24, 2.45) is 0 Å². The molecule has 0 aromatic carbocycles. The first-order valence-corrected chi connectivity index (χ1v) is 2.85. The molecule has 0 amide bonds. The molecule has 0 aliphatic rings. The number of rotatable bonds is 4. The van der Waals surface area contributed by atoms with Crippen LogP contribution in [0.2, 0.25) is 0 Å². The van der Waals surface area contributed by atoms with E-state index in [9.17, 15) is 4.79 Å². The highest BCUT2D eigenvalue weighted by atomic mass is 16.5. The van der Waals surface area contributed by atoms with E-state index in [1.807, 2.05) is 19.0 Å². The molecular weight excluding hydrogens is 118 g/mol. The number of carbonyl (C=O) groups excluding carboxylic acids is 1. The van der Waals surface area contributed by atoms with Crippen LogP contribution in [0.1, 0.15) is 6.92 Å². The molecule has 0 unspecified atom stereocenters. The van der Waals surface area contributed by atoms with E-state index in [0.717, 1.165) is 0 Å². The summed E-state index contributed by atoms with van der Waals surface area (Å²) in [4.78, 5) is 12.1. The molecule has 0 radical (unpaired) electrons. The van der Waals surface area contributed by atoms with Crippen molar-refractivity contribution in [2.45, 2.75) is 6.92 Å². The Hall–Kier alpha value is -0.410. The average Bonchev–Trinajstić information content (AvgIpc) is 1.63. The third kappa shape index (κ3) is 7.59. The Labute approximate surface area is 55.6 Å². The second-order valence-electron chi connectivity index (χ2n) is 2.26. The molecule has 0 aromatic rings. The smallest absolute Gasteiger partial charge is 0.155 e. The molecule has 3 nitrogen and oxygen atoms in total. The van der Waals surface area contributed by atoms with Crippen LogP contribution < -0.4 is 0 Å². The van der Waals surface area contributed by atoms with Gasteiger partial charge in [0.2, 0.25) is 0 Å². The Morgan fingerprint density at radius 3 is 2.44 bits per heavy atom. The first kappa shape index (κ1) is 8.59. The van der Waals surface area contributed by atoms with Crippen LogP contribution in [0.25, 0.3) is 0 Å². The molecule has 0 aromatic heterocycles. The Morgan fingerprint density at radius 2 is 2.11 bits per heavy atom. The van der Waals surface area contributed by atoms with Crippen molar-refractivity contribution in [3.8, 4) is 0 Å². The van der Waals surface area contributed by atoms with Gasteiger partial charge in [-0.25, -0.2) is 0 Å². The van der Waals surface area contributed by atoms with Crippen molar-refractivity contribution in [3.05, 3.63) is 0 Å². The number of Topliss-reactive ketones (excluding diaryl/α,β-unsaturated/α-hetero) is 1. The van der Waals surface area contributed by atoms with Crippen LogP contribution in [0.15, 0.2) is 0 Å². The fourth-order valence-electron chi connectivity index (χ4n) is 0.372. The molecule has 0 rings (SSSR count). The highest BCUT2D eigenvalue weighted by molar-refractivity contribution is 5.76. The van der Waals surface area contributed by atoms with Gasteiger partial charge in [-0.15, -0.1) is 0 Å². The number of ether oxygens (including phenoxy) is 1. The van der Waals surface area contributed by atoms with Crippen molar-refractivity contribution in [1.29, 1.82) is 0 Å².